The van der Waals surface area contributed by atoms with E-state index in [0.717, 1.165) is 17.7 Å². The van der Waals surface area contributed by atoms with Gasteiger partial charge in [-0.2, -0.15) is 0 Å². The van der Waals surface area contributed by atoms with Gasteiger partial charge in [0.05, 0.1) is 7.11 Å². The Kier molecular flexibility index (Phi) is 13.9. The van der Waals surface area contributed by atoms with Gasteiger partial charge < -0.3 is 9.84 Å². The number of aromatic hydroxyl groups is 1. The maximum atomic E-state index is 10.1. The Labute approximate surface area is 175 Å². The molecule has 0 heterocycles. The summed E-state index contributed by atoms with van der Waals surface area (Å²) < 4.78 is 5.39. The predicted octanol–water partition coefficient (Wildman–Crippen LogP) is 8.43. The lowest BCUT2D eigenvalue weighted by Gasteiger charge is -2.15. The number of phenols is 1. The molecule has 1 rings (SSSR count). The first-order valence-electron chi connectivity index (χ1n) is 12.0. The molecule has 0 saturated heterocycles. The fourth-order valence-corrected chi connectivity index (χ4v) is 4.19. The summed E-state index contributed by atoms with van der Waals surface area (Å²) in [4.78, 5) is 0. The Morgan fingerprint density at radius 3 is 1.54 bits per heavy atom. The summed E-state index contributed by atoms with van der Waals surface area (Å²) in [5.74, 6) is 1.16. The van der Waals surface area contributed by atoms with Gasteiger partial charge in [0, 0.05) is 6.07 Å². The molecular weight excluding hydrogens is 344 g/mol. The first kappa shape index (κ1) is 24.9. The molecule has 28 heavy (non-hydrogen) atoms. The van der Waals surface area contributed by atoms with Crippen LogP contribution in [0.1, 0.15) is 120 Å². The van der Waals surface area contributed by atoms with Gasteiger partial charge in [0.2, 0.25) is 0 Å². The molecule has 0 aromatic heterocycles. The summed E-state index contributed by atoms with van der Waals surface area (Å²) in [7, 11) is 1.68. The largest absolute Gasteiger partial charge is 0.508 e. The molecule has 1 N–H and O–H groups in total. The molecule has 0 fully saturated rings. The van der Waals surface area contributed by atoms with E-state index in [4.69, 9.17) is 4.74 Å². The van der Waals surface area contributed by atoms with Crippen LogP contribution in [0, 0.1) is 13.8 Å². The van der Waals surface area contributed by atoms with Gasteiger partial charge >= 0.3 is 0 Å². The Morgan fingerprint density at radius 2 is 1.11 bits per heavy atom. The van der Waals surface area contributed by atoms with Crippen molar-refractivity contribution in [2.45, 2.75) is 124 Å². The van der Waals surface area contributed by atoms with Crippen LogP contribution in [0.2, 0.25) is 0 Å². The minimum Gasteiger partial charge on any atom is -0.508 e. The van der Waals surface area contributed by atoms with Crippen molar-refractivity contribution in [3.05, 3.63) is 22.8 Å². The van der Waals surface area contributed by atoms with Crippen LogP contribution < -0.4 is 4.74 Å². The third-order valence-corrected chi connectivity index (χ3v) is 6.18. The molecule has 162 valence electrons. The monoisotopic (exact) mass is 390 g/mol. The molecule has 0 saturated carbocycles. The molecule has 2 heteroatoms. The van der Waals surface area contributed by atoms with Crippen molar-refractivity contribution >= 4 is 0 Å². The standard InChI is InChI=1S/C26H46O2/c1-5-6-7-8-9-10-11-12-13-14-15-16-17-18-19-20-24-22(2)25(27)21-26(28-4)23(24)3/h21,27H,5-20H2,1-4H3. The molecule has 0 aliphatic rings. The molecule has 0 atom stereocenters. The average molecular weight is 391 g/mol. The van der Waals surface area contributed by atoms with Crippen molar-refractivity contribution in [3.8, 4) is 11.5 Å². The summed E-state index contributed by atoms with van der Waals surface area (Å²) in [6.45, 7) is 6.41. The molecule has 0 spiro atoms. The van der Waals surface area contributed by atoms with Crippen molar-refractivity contribution < 1.29 is 9.84 Å². The van der Waals surface area contributed by atoms with Crippen LogP contribution in [-0.4, -0.2) is 12.2 Å². The summed E-state index contributed by atoms with van der Waals surface area (Å²) in [6.07, 6.45) is 21.9. The number of unbranched alkanes of at least 4 members (excludes halogenated alkanes) is 14. The van der Waals surface area contributed by atoms with Crippen LogP contribution in [0.15, 0.2) is 6.07 Å². The number of benzene rings is 1. The highest BCUT2D eigenvalue weighted by Crippen LogP contribution is 2.32. The van der Waals surface area contributed by atoms with E-state index < -0.39 is 0 Å². The Bertz CT molecular complexity index is 522. The molecule has 0 bridgehead atoms. The lowest BCUT2D eigenvalue weighted by Crippen LogP contribution is -1.98. The summed E-state index contributed by atoms with van der Waals surface area (Å²) in [5, 5.41) is 10.1. The number of rotatable bonds is 17. The quantitative estimate of drug-likeness (QED) is 0.270. The highest BCUT2D eigenvalue weighted by atomic mass is 16.5. The summed E-state index contributed by atoms with van der Waals surface area (Å²) in [6, 6.07) is 1.74. The second-order valence-electron chi connectivity index (χ2n) is 8.53. The number of hydrogen-bond acceptors (Lipinski definition) is 2. The van der Waals surface area contributed by atoms with Gasteiger partial charge in [-0.3, -0.25) is 0 Å². The zero-order valence-electron chi connectivity index (χ0n) is 19.2. The van der Waals surface area contributed by atoms with Crippen LogP contribution in [-0.2, 0) is 6.42 Å². The van der Waals surface area contributed by atoms with Crippen LogP contribution >= 0.6 is 0 Å². The van der Waals surface area contributed by atoms with Gasteiger partial charge in [-0.15, -0.1) is 0 Å². The maximum absolute atomic E-state index is 10.1. The number of hydrogen-bond donors (Lipinski definition) is 1. The van der Waals surface area contributed by atoms with Crippen molar-refractivity contribution in [1.82, 2.24) is 0 Å². The first-order chi connectivity index (χ1) is 13.6. The molecule has 0 unspecified atom stereocenters. The van der Waals surface area contributed by atoms with E-state index in [1.54, 1.807) is 13.2 Å². The third-order valence-electron chi connectivity index (χ3n) is 6.18. The topological polar surface area (TPSA) is 29.5 Å². The van der Waals surface area contributed by atoms with E-state index in [0.29, 0.717) is 5.75 Å². The highest BCUT2D eigenvalue weighted by molar-refractivity contribution is 5.51. The van der Waals surface area contributed by atoms with Gasteiger partial charge in [0.25, 0.3) is 0 Å². The van der Waals surface area contributed by atoms with Crippen LogP contribution in [0.3, 0.4) is 0 Å². The van der Waals surface area contributed by atoms with Crippen LogP contribution in [0.4, 0.5) is 0 Å². The van der Waals surface area contributed by atoms with Crippen LogP contribution in [0.5, 0.6) is 11.5 Å². The van der Waals surface area contributed by atoms with E-state index in [9.17, 15) is 5.11 Å². The van der Waals surface area contributed by atoms with E-state index in [1.165, 1.54) is 107 Å². The lowest BCUT2D eigenvalue weighted by atomic mass is 9.95. The number of methoxy groups -OCH3 is 1. The second-order valence-corrected chi connectivity index (χ2v) is 8.53. The fourth-order valence-electron chi connectivity index (χ4n) is 4.19. The van der Waals surface area contributed by atoms with E-state index in [2.05, 4.69) is 13.8 Å². The van der Waals surface area contributed by atoms with Crippen molar-refractivity contribution in [2.24, 2.45) is 0 Å². The van der Waals surface area contributed by atoms with Gasteiger partial charge in [-0.25, -0.2) is 0 Å². The Hall–Kier alpha value is -1.18. The normalized spacial score (nSPS) is 11.1. The molecule has 0 amide bonds. The minimum absolute atomic E-state index is 0.360. The van der Waals surface area contributed by atoms with E-state index in [-0.39, 0.29) is 0 Å². The smallest absolute Gasteiger partial charge is 0.125 e. The summed E-state index contributed by atoms with van der Waals surface area (Å²) >= 11 is 0. The summed E-state index contributed by atoms with van der Waals surface area (Å²) in [5.41, 5.74) is 3.47. The molecule has 0 aliphatic carbocycles. The molecule has 1 aromatic carbocycles. The van der Waals surface area contributed by atoms with Gasteiger partial charge in [-0.05, 0) is 43.4 Å². The SMILES string of the molecule is CCCCCCCCCCCCCCCCCc1c(C)c(O)cc(OC)c1C. The predicted molar refractivity (Wildman–Crippen MR) is 123 cm³/mol. The third kappa shape index (κ3) is 9.85. The minimum atomic E-state index is 0.360. The zero-order chi connectivity index (χ0) is 20.6. The fraction of sp³-hybridized carbons (Fsp3) is 0.769. The van der Waals surface area contributed by atoms with Gasteiger partial charge in [0.1, 0.15) is 11.5 Å². The molecular formula is C26H46O2. The van der Waals surface area contributed by atoms with E-state index >= 15 is 0 Å². The molecule has 0 aliphatic heterocycles. The molecule has 1 aromatic rings. The van der Waals surface area contributed by atoms with Crippen LogP contribution in [0.25, 0.3) is 0 Å². The number of phenolic OH excluding ortho intramolecular Hbond substituents is 1. The second kappa shape index (κ2) is 15.7. The maximum Gasteiger partial charge on any atom is 0.125 e. The molecule has 0 radical (unpaired) electrons. The number of ether oxygens (including phenoxy) is 1. The Balaban J connectivity index is 2.01. The average Bonchev–Trinajstić information content (AvgIpc) is 2.69. The van der Waals surface area contributed by atoms with Gasteiger partial charge in [-0.1, -0.05) is 96.8 Å². The van der Waals surface area contributed by atoms with Crippen molar-refractivity contribution in [3.63, 3.8) is 0 Å². The zero-order valence-corrected chi connectivity index (χ0v) is 19.2. The van der Waals surface area contributed by atoms with E-state index in [1.807, 2.05) is 6.92 Å². The molecule has 2 nitrogen and oxygen atoms in total. The van der Waals surface area contributed by atoms with Crippen molar-refractivity contribution in [2.75, 3.05) is 7.11 Å². The highest BCUT2D eigenvalue weighted by Gasteiger charge is 2.12. The first-order valence-corrected chi connectivity index (χ1v) is 12.0. The van der Waals surface area contributed by atoms with Gasteiger partial charge in [0.15, 0.2) is 0 Å². The lowest BCUT2D eigenvalue weighted by molar-refractivity contribution is 0.402. The Morgan fingerprint density at radius 1 is 0.679 bits per heavy atom. The van der Waals surface area contributed by atoms with Crippen molar-refractivity contribution in [1.29, 1.82) is 0 Å².